The number of rotatable bonds is 5. The van der Waals surface area contributed by atoms with Crippen molar-refractivity contribution < 1.29 is 4.74 Å². The van der Waals surface area contributed by atoms with Crippen LogP contribution in [0.2, 0.25) is 0 Å². The largest absolute Gasteiger partial charge is 0.496 e. The average Bonchev–Trinajstić information content (AvgIpc) is 2.46. The summed E-state index contributed by atoms with van der Waals surface area (Å²) in [6, 6.07) is 15.5. The molecule has 0 amide bonds. The second kappa shape index (κ2) is 6.77. The van der Waals surface area contributed by atoms with Gasteiger partial charge >= 0.3 is 0 Å². The number of benzene rings is 2. The lowest BCUT2D eigenvalue weighted by Crippen LogP contribution is -2.23. The molecule has 2 aromatic carbocycles. The molecule has 0 aliphatic heterocycles. The second-order valence-electron chi connectivity index (χ2n) is 5.77. The van der Waals surface area contributed by atoms with Crippen molar-refractivity contribution in [2.45, 2.75) is 39.8 Å². The lowest BCUT2D eigenvalue weighted by Gasteiger charge is -2.23. The summed E-state index contributed by atoms with van der Waals surface area (Å²) in [5.41, 5.74) is 5.02. The van der Waals surface area contributed by atoms with Crippen LogP contribution in [0.5, 0.6) is 5.75 Å². The zero-order valence-electron chi connectivity index (χ0n) is 13.6. The van der Waals surface area contributed by atoms with Crippen molar-refractivity contribution >= 4 is 0 Å². The fourth-order valence-electron chi connectivity index (χ4n) is 2.68. The van der Waals surface area contributed by atoms with Gasteiger partial charge in [0, 0.05) is 17.6 Å². The first-order valence-electron chi connectivity index (χ1n) is 7.48. The normalized spacial score (nSPS) is 13.8. The van der Waals surface area contributed by atoms with Crippen molar-refractivity contribution in [2.75, 3.05) is 7.11 Å². The molecule has 2 aromatic rings. The average molecular weight is 283 g/mol. The van der Waals surface area contributed by atoms with Crippen molar-refractivity contribution in [2.24, 2.45) is 0 Å². The first kappa shape index (κ1) is 15.6. The molecule has 0 saturated heterocycles. The van der Waals surface area contributed by atoms with E-state index in [0.29, 0.717) is 6.04 Å². The van der Waals surface area contributed by atoms with E-state index in [1.807, 2.05) is 0 Å². The van der Waals surface area contributed by atoms with Crippen LogP contribution in [0.25, 0.3) is 0 Å². The van der Waals surface area contributed by atoms with Gasteiger partial charge in [-0.1, -0.05) is 42.0 Å². The first-order valence-corrected chi connectivity index (χ1v) is 7.48. The third kappa shape index (κ3) is 3.85. The standard InChI is InChI=1S/C19H25NO/c1-13-7-6-8-17(11-13)15(3)20-16(4)18-10-9-14(2)12-19(18)21-5/h6-12,15-16,20H,1-5H3/t15-,16?/m1/s1. The molecule has 2 atom stereocenters. The zero-order valence-corrected chi connectivity index (χ0v) is 13.6. The topological polar surface area (TPSA) is 21.3 Å². The van der Waals surface area contributed by atoms with Crippen LogP contribution in [0.15, 0.2) is 42.5 Å². The summed E-state index contributed by atoms with van der Waals surface area (Å²) in [4.78, 5) is 0. The summed E-state index contributed by atoms with van der Waals surface area (Å²) in [7, 11) is 1.73. The summed E-state index contributed by atoms with van der Waals surface area (Å²) < 4.78 is 5.51. The van der Waals surface area contributed by atoms with Crippen LogP contribution >= 0.6 is 0 Å². The highest BCUT2D eigenvalue weighted by Crippen LogP contribution is 2.28. The number of ether oxygens (including phenoxy) is 1. The van der Waals surface area contributed by atoms with Gasteiger partial charge in [-0.3, -0.25) is 0 Å². The summed E-state index contributed by atoms with van der Waals surface area (Å²) in [5, 5.41) is 3.65. The summed E-state index contributed by atoms with van der Waals surface area (Å²) >= 11 is 0. The predicted molar refractivity (Wildman–Crippen MR) is 88.9 cm³/mol. The molecule has 0 saturated carbocycles. The molecule has 0 bridgehead atoms. The van der Waals surface area contributed by atoms with E-state index in [1.54, 1.807) is 7.11 Å². The minimum Gasteiger partial charge on any atom is -0.496 e. The number of nitrogens with one attached hydrogen (secondary N) is 1. The van der Waals surface area contributed by atoms with Crippen LogP contribution in [0.4, 0.5) is 0 Å². The van der Waals surface area contributed by atoms with Crippen LogP contribution in [0.3, 0.4) is 0 Å². The number of hydrogen-bond acceptors (Lipinski definition) is 2. The van der Waals surface area contributed by atoms with Gasteiger partial charge in [-0.25, -0.2) is 0 Å². The highest BCUT2D eigenvalue weighted by molar-refractivity contribution is 5.39. The molecule has 2 rings (SSSR count). The molecule has 0 aliphatic carbocycles. The fraction of sp³-hybridized carbons (Fsp3) is 0.368. The van der Waals surface area contributed by atoms with Gasteiger partial charge in [0.2, 0.25) is 0 Å². The quantitative estimate of drug-likeness (QED) is 0.857. The van der Waals surface area contributed by atoms with E-state index in [9.17, 15) is 0 Å². The SMILES string of the molecule is COc1cc(C)ccc1C(C)N[C@H](C)c1cccc(C)c1. The Bertz CT molecular complexity index is 606. The molecule has 0 aromatic heterocycles. The molecule has 2 nitrogen and oxygen atoms in total. The van der Waals surface area contributed by atoms with E-state index in [-0.39, 0.29) is 6.04 Å². The van der Waals surface area contributed by atoms with Gasteiger partial charge in [-0.2, -0.15) is 0 Å². The number of methoxy groups -OCH3 is 1. The Labute approximate surface area is 128 Å². The molecule has 1 N–H and O–H groups in total. The molecule has 112 valence electrons. The smallest absolute Gasteiger partial charge is 0.123 e. The van der Waals surface area contributed by atoms with Crippen molar-refractivity contribution in [1.29, 1.82) is 0 Å². The van der Waals surface area contributed by atoms with Crippen molar-refractivity contribution in [3.05, 3.63) is 64.7 Å². The number of hydrogen-bond donors (Lipinski definition) is 1. The highest BCUT2D eigenvalue weighted by atomic mass is 16.5. The van der Waals surface area contributed by atoms with Gasteiger partial charge in [0.25, 0.3) is 0 Å². The van der Waals surface area contributed by atoms with E-state index in [4.69, 9.17) is 4.74 Å². The number of aryl methyl sites for hydroxylation is 2. The van der Waals surface area contributed by atoms with Crippen molar-refractivity contribution in [1.82, 2.24) is 5.32 Å². The molecule has 1 unspecified atom stereocenters. The fourth-order valence-corrected chi connectivity index (χ4v) is 2.68. The van der Waals surface area contributed by atoms with Crippen LogP contribution in [-0.2, 0) is 0 Å². The first-order chi connectivity index (χ1) is 10.0. The van der Waals surface area contributed by atoms with Gasteiger partial charge < -0.3 is 10.1 Å². The van der Waals surface area contributed by atoms with E-state index < -0.39 is 0 Å². The van der Waals surface area contributed by atoms with Crippen molar-refractivity contribution in [3.63, 3.8) is 0 Å². The van der Waals surface area contributed by atoms with E-state index in [1.165, 1.54) is 22.3 Å². The minimum absolute atomic E-state index is 0.232. The maximum absolute atomic E-state index is 5.51. The molecule has 0 heterocycles. The molecular weight excluding hydrogens is 258 g/mol. The highest BCUT2D eigenvalue weighted by Gasteiger charge is 2.15. The summed E-state index contributed by atoms with van der Waals surface area (Å²) in [6.07, 6.45) is 0. The van der Waals surface area contributed by atoms with Crippen LogP contribution in [0, 0.1) is 13.8 Å². The monoisotopic (exact) mass is 283 g/mol. The summed E-state index contributed by atoms with van der Waals surface area (Å²) in [6.45, 7) is 8.59. The van der Waals surface area contributed by atoms with Gasteiger partial charge in [-0.05, 0) is 44.9 Å². The Morgan fingerprint density at radius 2 is 1.62 bits per heavy atom. The van der Waals surface area contributed by atoms with Crippen molar-refractivity contribution in [3.8, 4) is 5.75 Å². The Hall–Kier alpha value is -1.80. The molecule has 0 fully saturated rings. The van der Waals surface area contributed by atoms with E-state index in [2.05, 4.69) is 75.5 Å². The molecular formula is C19H25NO. The third-order valence-corrected chi connectivity index (χ3v) is 3.90. The molecule has 21 heavy (non-hydrogen) atoms. The van der Waals surface area contributed by atoms with Crippen LogP contribution < -0.4 is 10.1 Å². The zero-order chi connectivity index (χ0) is 15.4. The summed E-state index contributed by atoms with van der Waals surface area (Å²) in [5.74, 6) is 0.950. The van der Waals surface area contributed by atoms with Crippen LogP contribution in [0.1, 0.15) is 48.2 Å². The Morgan fingerprint density at radius 1 is 0.905 bits per heavy atom. The Morgan fingerprint density at radius 3 is 2.29 bits per heavy atom. The Kier molecular flexibility index (Phi) is 5.03. The maximum atomic E-state index is 5.51. The Balaban J connectivity index is 2.16. The van der Waals surface area contributed by atoms with Gasteiger partial charge in [0.15, 0.2) is 0 Å². The lowest BCUT2D eigenvalue weighted by molar-refractivity contribution is 0.396. The molecule has 0 radical (unpaired) electrons. The minimum atomic E-state index is 0.232. The van der Waals surface area contributed by atoms with E-state index in [0.717, 1.165) is 5.75 Å². The second-order valence-corrected chi connectivity index (χ2v) is 5.77. The molecule has 0 spiro atoms. The van der Waals surface area contributed by atoms with E-state index >= 15 is 0 Å². The lowest BCUT2D eigenvalue weighted by atomic mass is 10.0. The van der Waals surface area contributed by atoms with Gasteiger partial charge in [0.1, 0.15) is 5.75 Å². The van der Waals surface area contributed by atoms with Gasteiger partial charge in [0.05, 0.1) is 7.11 Å². The van der Waals surface area contributed by atoms with Crippen LogP contribution in [-0.4, -0.2) is 7.11 Å². The third-order valence-electron chi connectivity index (χ3n) is 3.90. The molecule has 2 heteroatoms. The maximum Gasteiger partial charge on any atom is 0.123 e. The predicted octanol–water partition coefficient (Wildman–Crippen LogP) is 4.72. The van der Waals surface area contributed by atoms with Gasteiger partial charge in [-0.15, -0.1) is 0 Å². The molecule has 0 aliphatic rings.